The number of rotatable bonds is 3. The van der Waals surface area contributed by atoms with E-state index < -0.39 is 29.4 Å². The van der Waals surface area contributed by atoms with E-state index in [1.165, 1.54) is 10.4 Å². The summed E-state index contributed by atoms with van der Waals surface area (Å²) in [4.78, 5) is 0.214. The molecule has 0 amide bonds. The molecule has 7 heteroatoms. The van der Waals surface area contributed by atoms with E-state index in [1.807, 2.05) is 0 Å². The van der Waals surface area contributed by atoms with Crippen LogP contribution in [0.1, 0.15) is 12.0 Å². The molecule has 1 aromatic carbocycles. The highest BCUT2D eigenvalue weighted by Crippen LogP contribution is 2.28. The number of β-amino-alcohol motifs (C(OH)–C–C–N with tert-alkyl or cyclic N) is 1. The minimum Gasteiger partial charge on any atom is -0.593 e. The second-order valence-electron chi connectivity index (χ2n) is 4.50. The fraction of sp³-hybridized carbons (Fsp3) is 0.417. The number of aliphatic hydroxyl groups excluding tert-OH is 1. The van der Waals surface area contributed by atoms with Crippen LogP contribution in [0.4, 0.5) is 4.39 Å². The molecule has 1 unspecified atom stereocenters. The van der Waals surface area contributed by atoms with E-state index in [0.29, 0.717) is 13.0 Å². The van der Waals surface area contributed by atoms with Crippen LogP contribution in [0.2, 0.25) is 0 Å². The number of benzene rings is 1. The van der Waals surface area contributed by atoms with Gasteiger partial charge in [0.05, 0.1) is 24.5 Å². The summed E-state index contributed by atoms with van der Waals surface area (Å²) >= 11 is -1.65. The molecule has 1 aliphatic rings. The van der Waals surface area contributed by atoms with Crippen LogP contribution in [0.3, 0.4) is 0 Å². The molecule has 0 bridgehead atoms. The van der Waals surface area contributed by atoms with Gasteiger partial charge in [0.1, 0.15) is 23.1 Å². The van der Waals surface area contributed by atoms with Gasteiger partial charge in [0.25, 0.3) is 0 Å². The van der Waals surface area contributed by atoms with Gasteiger partial charge in [-0.1, -0.05) is 0 Å². The lowest BCUT2D eigenvalue weighted by atomic mass is 10.1. The van der Waals surface area contributed by atoms with Crippen LogP contribution in [0.15, 0.2) is 23.1 Å². The smallest absolute Gasteiger partial charge is 0.192 e. The lowest BCUT2D eigenvalue weighted by Gasteiger charge is -2.22. The van der Waals surface area contributed by atoms with Gasteiger partial charge in [-0.2, -0.15) is 5.26 Å². The highest BCUT2D eigenvalue weighted by molar-refractivity contribution is 7.89. The number of nitrogens with zero attached hydrogens (tertiary/aromatic N) is 2. The van der Waals surface area contributed by atoms with Gasteiger partial charge >= 0.3 is 0 Å². The summed E-state index contributed by atoms with van der Waals surface area (Å²) in [5, 5.41) is 27.9. The fourth-order valence-corrected chi connectivity index (χ4v) is 3.34. The number of nitriles is 1. The summed E-state index contributed by atoms with van der Waals surface area (Å²) in [6.45, 7) is -0.0144. The van der Waals surface area contributed by atoms with Crippen molar-refractivity contribution in [2.75, 3.05) is 19.7 Å². The zero-order chi connectivity index (χ0) is 14.0. The van der Waals surface area contributed by atoms with Gasteiger partial charge in [-0.05, 0) is 24.6 Å². The molecule has 1 fully saturated rings. The van der Waals surface area contributed by atoms with Crippen molar-refractivity contribution in [3.8, 4) is 6.07 Å². The van der Waals surface area contributed by atoms with Crippen molar-refractivity contribution in [1.29, 1.82) is 5.26 Å². The Balaban J connectivity index is 2.22. The molecule has 0 saturated carbocycles. The average molecular weight is 284 g/mol. The summed E-state index contributed by atoms with van der Waals surface area (Å²) in [5.74, 6) is -0.564. The maximum absolute atomic E-state index is 13.0. The molecule has 5 nitrogen and oxygen atoms in total. The highest BCUT2D eigenvalue weighted by atomic mass is 32.2. The Hall–Kier alpha value is -1.17. The van der Waals surface area contributed by atoms with Crippen molar-refractivity contribution >= 4 is 11.4 Å². The first-order valence-corrected chi connectivity index (χ1v) is 6.79. The molecule has 1 heterocycles. The molecule has 102 valence electrons. The molecule has 2 N–H and O–H groups in total. The molecule has 1 aliphatic heterocycles. The number of aliphatic hydroxyl groups is 2. The predicted molar refractivity (Wildman–Crippen MR) is 65.7 cm³/mol. The van der Waals surface area contributed by atoms with Gasteiger partial charge in [0, 0.05) is 6.54 Å². The van der Waals surface area contributed by atoms with Crippen molar-refractivity contribution in [1.82, 2.24) is 4.31 Å². The minimum atomic E-state index is -1.65. The highest BCUT2D eigenvalue weighted by Gasteiger charge is 2.42. The lowest BCUT2D eigenvalue weighted by Crippen LogP contribution is -2.38. The minimum absolute atomic E-state index is 0.0118. The van der Waals surface area contributed by atoms with E-state index in [-0.39, 0.29) is 17.0 Å². The molecular formula is C12H13FN2O3S. The molecule has 2 atom stereocenters. The van der Waals surface area contributed by atoms with Gasteiger partial charge in [-0.25, -0.2) is 4.39 Å². The van der Waals surface area contributed by atoms with E-state index in [2.05, 4.69) is 0 Å². The average Bonchev–Trinajstić information content (AvgIpc) is 2.81. The van der Waals surface area contributed by atoms with Crippen LogP contribution in [-0.4, -0.2) is 44.4 Å². The zero-order valence-corrected chi connectivity index (χ0v) is 10.9. The van der Waals surface area contributed by atoms with Gasteiger partial charge in [0.15, 0.2) is 4.90 Å². The Labute approximate surface area is 113 Å². The first-order chi connectivity index (χ1) is 8.99. The van der Waals surface area contributed by atoms with Gasteiger partial charge in [-0.15, -0.1) is 4.31 Å². The van der Waals surface area contributed by atoms with E-state index in [4.69, 9.17) is 10.4 Å². The van der Waals surface area contributed by atoms with Crippen molar-refractivity contribution in [2.24, 2.45) is 0 Å². The molecule has 1 aromatic rings. The lowest BCUT2D eigenvalue weighted by molar-refractivity contribution is -0.000728. The summed E-state index contributed by atoms with van der Waals surface area (Å²) in [6, 6.07) is 5.28. The Kier molecular flexibility index (Phi) is 4.08. The second-order valence-corrected chi connectivity index (χ2v) is 5.95. The Morgan fingerprint density at radius 2 is 2.32 bits per heavy atom. The molecule has 0 aliphatic carbocycles. The van der Waals surface area contributed by atoms with Crippen LogP contribution in [0.5, 0.6) is 0 Å². The molecule has 0 spiro atoms. The summed E-state index contributed by atoms with van der Waals surface area (Å²) in [6.07, 6.45) is 0.304. The number of hydrogen-bond acceptors (Lipinski definition) is 5. The van der Waals surface area contributed by atoms with E-state index in [1.54, 1.807) is 6.07 Å². The second kappa shape index (κ2) is 5.45. The molecule has 0 aromatic heterocycles. The third-order valence-electron chi connectivity index (χ3n) is 3.08. The Bertz CT molecular complexity index is 522. The third kappa shape index (κ3) is 2.88. The maximum atomic E-state index is 13.0. The van der Waals surface area contributed by atoms with Crippen molar-refractivity contribution in [3.05, 3.63) is 29.6 Å². The zero-order valence-electron chi connectivity index (χ0n) is 10.0. The molecule has 1 saturated heterocycles. The number of hydrogen-bond donors (Lipinski definition) is 2. The standard InChI is InChI=1S/C12H13FN2O3S/c13-10-1-2-11(9(5-10)6-14)19(18)15-4-3-12(17,7-15)8-16/h1-2,5,16-17H,3-4,7-8H2/t12-,19?/m0/s1. The van der Waals surface area contributed by atoms with Crippen LogP contribution < -0.4 is 0 Å². The van der Waals surface area contributed by atoms with Crippen molar-refractivity contribution < 1.29 is 19.2 Å². The first kappa shape index (κ1) is 14.2. The molecule has 2 rings (SSSR count). The van der Waals surface area contributed by atoms with Crippen molar-refractivity contribution in [2.45, 2.75) is 16.9 Å². The maximum Gasteiger partial charge on any atom is 0.192 e. The van der Waals surface area contributed by atoms with Crippen LogP contribution in [-0.2, 0) is 11.4 Å². The normalized spacial score (nSPS) is 25.2. The van der Waals surface area contributed by atoms with Crippen LogP contribution in [0.25, 0.3) is 0 Å². The Morgan fingerprint density at radius 3 is 2.89 bits per heavy atom. The fourth-order valence-electron chi connectivity index (χ4n) is 1.97. The van der Waals surface area contributed by atoms with E-state index in [0.717, 1.165) is 12.1 Å². The summed E-state index contributed by atoms with van der Waals surface area (Å²) in [7, 11) is 0. The third-order valence-corrected chi connectivity index (χ3v) is 4.59. The first-order valence-electron chi connectivity index (χ1n) is 5.69. The largest absolute Gasteiger partial charge is 0.593 e. The van der Waals surface area contributed by atoms with Crippen molar-refractivity contribution in [3.63, 3.8) is 0 Å². The number of halogens is 1. The van der Waals surface area contributed by atoms with Gasteiger partial charge in [-0.3, -0.25) is 0 Å². The monoisotopic (exact) mass is 284 g/mol. The van der Waals surface area contributed by atoms with Gasteiger partial charge < -0.3 is 14.8 Å². The topological polar surface area (TPSA) is 90.5 Å². The summed E-state index contributed by atoms with van der Waals surface area (Å²) in [5.41, 5.74) is -1.25. The van der Waals surface area contributed by atoms with E-state index in [9.17, 15) is 14.0 Å². The molecule has 0 radical (unpaired) electrons. The van der Waals surface area contributed by atoms with Gasteiger partial charge in [0.2, 0.25) is 0 Å². The Morgan fingerprint density at radius 1 is 1.58 bits per heavy atom. The SMILES string of the molecule is N#Cc1cc(F)ccc1[S+]([O-])N1CC[C@@](O)(CO)C1. The molecule has 19 heavy (non-hydrogen) atoms. The van der Waals surface area contributed by atoms with E-state index >= 15 is 0 Å². The quantitative estimate of drug-likeness (QED) is 0.771. The van der Waals surface area contributed by atoms with Crippen LogP contribution >= 0.6 is 0 Å². The predicted octanol–water partition coefficient (Wildman–Crippen LogP) is 0.149. The van der Waals surface area contributed by atoms with Crippen LogP contribution in [0, 0.1) is 17.1 Å². The summed E-state index contributed by atoms with van der Waals surface area (Å²) < 4.78 is 26.8. The molecular weight excluding hydrogens is 271 g/mol.